The third-order valence-electron chi connectivity index (χ3n) is 7.79. The number of benzene rings is 1. The van der Waals surface area contributed by atoms with E-state index in [1.54, 1.807) is 0 Å². The number of carbonyl (C=O) groups is 3. The lowest BCUT2D eigenvalue weighted by molar-refractivity contribution is -0.179. The van der Waals surface area contributed by atoms with Crippen LogP contribution in [0.2, 0.25) is 0 Å². The first-order valence-electron chi connectivity index (χ1n) is 12.3. The van der Waals surface area contributed by atoms with E-state index in [0.717, 1.165) is 17.0 Å². The Morgan fingerprint density at radius 3 is 2.61 bits per heavy atom. The van der Waals surface area contributed by atoms with E-state index in [1.807, 2.05) is 6.07 Å². The summed E-state index contributed by atoms with van der Waals surface area (Å²) in [5.74, 6) is -8.31. The summed E-state index contributed by atoms with van der Waals surface area (Å²) in [7, 11) is 0. The molecule has 4 fully saturated rings. The lowest BCUT2D eigenvalue weighted by Crippen LogP contribution is -2.68. The highest BCUT2D eigenvalue weighted by molar-refractivity contribution is 6.01. The fraction of sp³-hybridized carbons (Fsp3) is 0.520. The molecule has 13 heteroatoms. The molecule has 8 nitrogen and oxygen atoms in total. The number of alkyl halides is 4. The van der Waals surface area contributed by atoms with E-state index < -0.39 is 71.9 Å². The maximum Gasteiger partial charge on any atom is 0.271 e. The van der Waals surface area contributed by atoms with Crippen LogP contribution in [0.5, 0.6) is 0 Å². The van der Waals surface area contributed by atoms with Crippen LogP contribution in [0.3, 0.4) is 0 Å². The molecule has 3 aliphatic heterocycles. The highest BCUT2D eigenvalue weighted by Gasteiger charge is 2.60. The predicted octanol–water partition coefficient (Wildman–Crippen LogP) is 3.41. The van der Waals surface area contributed by atoms with Gasteiger partial charge in [-0.05, 0) is 43.9 Å². The van der Waals surface area contributed by atoms with Crippen molar-refractivity contribution in [1.29, 1.82) is 5.26 Å². The highest BCUT2D eigenvalue weighted by atomic mass is 19.3. The van der Waals surface area contributed by atoms with Crippen LogP contribution >= 0.6 is 0 Å². The smallest absolute Gasteiger partial charge is 0.271 e. The number of nitrogens with one attached hydrogen (secondary N) is 3. The molecular formula is C25H24F5N5O3. The van der Waals surface area contributed by atoms with Crippen LogP contribution in [0.1, 0.15) is 54.6 Å². The number of amides is 3. The summed E-state index contributed by atoms with van der Waals surface area (Å²) >= 11 is 0. The molecule has 0 radical (unpaired) electrons. The summed E-state index contributed by atoms with van der Waals surface area (Å²) in [5.41, 5.74) is -0.957. The second kappa shape index (κ2) is 9.56. The minimum atomic E-state index is -3.25. The molecule has 5 atom stereocenters. The summed E-state index contributed by atoms with van der Waals surface area (Å²) in [4.78, 5) is 42.5. The molecular weight excluding hydrogens is 513 g/mol. The molecule has 2 aromatic rings. The Balaban J connectivity index is 1.46. The largest absolute Gasteiger partial charge is 0.356 e. The predicted molar refractivity (Wildman–Crippen MR) is 123 cm³/mol. The SMILES string of the molecule is N#CC(CC1CCNC1=O)NC(=O)C1C2CCC(CC2(F)F)N1C(=O)c1cc2c(C(F)F)cc(F)cc2[nH]1. The average Bonchev–Trinajstić information content (AvgIpc) is 3.47. The Labute approximate surface area is 213 Å². The van der Waals surface area contributed by atoms with Crippen molar-refractivity contribution >= 4 is 28.6 Å². The van der Waals surface area contributed by atoms with Crippen LogP contribution in [0.4, 0.5) is 22.0 Å². The monoisotopic (exact) mass is 537 g/mol. The first-order valence-corrected chi connectivity index (χ1v) is 12.3. The van der Waals surface area contributed by atoms with Gasteiger partial charge in [-0.3, -0.25) is 14.4 Å². The van der Waals surface area contributed by atoms with Gasteiger partial charge in [0.2, 0.25) is 11.8 Å². The quantitative estimate of drug-likeness (QED) is 0.490. The molecule has 3 saturated heterocycles. The van der Waals surface area contributed by atoms with E-state index >= 15 is 0 Å². The zero-order valence-electron chi connectivity index (χ0n) is 19.9. The minimum Gasteiger partial charge on any atom is -0.356 e. The second-order valence-corrected chi connectivity index (χ2v) is 10.1. The van der Waals surface area contributed by atoms with Crippen molar-refractivity contribution in [2.75, 3.05) is 6.54 Å². The number of piperidine rings is 2. The van der Waals surface area contributed by atoms with Gasteiger partial charge in [-0.1, -0.05) is 0 Å². The third kappa shape index (κ3) is 4.46. The van der Waals surface area contributed by atoms with Gasteiger partial charge in [0.25, 0.3) is 18.3 Å². The number of hydrogen-bond acceptors (Lipinski definition) is 4. The molecule has 202 valence electrons. The van der Waals surface area contributed by atoms with Crippen LogP contribution < -0.4 is 10.6 Å². The maximum atomic E-state index is 14.9. The second-order valence-electron chi connectivity index (χ2n) is 10.1. The van der Waals surface area contributed by atoms with Gasteiger partial charge in [-0.25, -0.2) is 22.0 Å². The average molecular weight is 537 g/mol. The zero-order valence-corrected chi connectivity index (χ0v) is 19.9. The van der Waals surface area contributed by atoms with E-state index in [-0.39, 0.29) is 41.8 Å². The van der Waals surface area contributed by atoms with Gasteiger partial charge in [0.05, 0.1) is 12.0 Å². The Morgan fingerprint density at radius 1 is 1.21 bits per heavy atom. The fourth-order valence-corrected chi connectivity index (χ4v) is 6.02. The van der Waals surface area contributed by atoms with Gasteiger partial charge < -0.3 is 20.5 Å². The van der Waals surface area contributed by atoms with E-state index in [2.05, 4.69) is 15.6 Å². The summed E-state index contributed by atoms with van der Waals surface area (Å²) in [6.07, 6.45) is -3.07. The first kappa shape index (κ1) is 25.9. The number of nitrogens with zero attached hydrogens (tertiary/aromatic N) is 2. The van der Waals surface area contributed by atoms with Gasteiger partial charge in [0.15, 0.2) is 0 Å². The molecule has 5 unspecified atom stereocenters. The van der Waals surface area contributed by atoms with Gasteiger partial charge in [-0.2, -0.15) is 5.26 Å². The Morgan fingerprint density at radius 2 is 1.97 bits per heavy atom. The lowest BCUT2D eigenvalue weighted by atomic mass is 9.71. The number of fused-ring (bicyclic) bond motifs is 4. The number of H-pyrrole nitrogens is 1. The van der Waals surface area contributed by atoms with Crippen molar-refractivity contribution in [2.45, 2.75) is 62.6 Å². The minimum absolute atomic E-state index is 0.0107. The molecule has 4 heterocycles. The molecule has 4 aliphatic rings. The van der Waals surface area contributed by atoms with Crippen molar-refractivity contribution in [3.05, 3.63) is 35.3 Å². The molecule has 3 amide bonds. The molecule has 38 heavy (non-hydrogen) atoms. The van der Waals surface area contributed by atoms with Gasteiger partial charge in [0.1, 0.15) is 23.6 Å². The zero-order chi connectivity index (χ0) is 27.4. The number of carbonyl (C=O) groups excluding carboxylic acids is 3. The number of halogens is 5. The Bertz CT molecular complexity index is 1340. The molecule has 3 N–H and O–H groups in total. The highest BCUT2D eigenvalue weighted by Crippen LogP contribution is 2.49. The van der Waals surface area contributed by atoms with Crippen LogP contribution in [0.15, 0.2) is 18.2 Å². The van der Waals surface area contributed by atoms with Crippen molar-refractivity contribution in [1.82, 2.24) is 20.5 Å². The lowest BCUT2D eigenvalue weighted by Gasteiger charge is -2.53. The summed E-state index contributed by atoms with van der Waals surface area (Å²) < 4.78 is 70.7. The molecule has 1 saturated carbocycles. The summed E-state index contributed by atoms with van der Waals surface area (Å²) in [6, 6.07) is 0.789. The molecule has 6 rings (SSSR count). The number of hydrogen-bond donors (Lipinski definition) is 3. The van der Waals surface area contributed by atoms with E-state index in [0.29, 0.717) is 19.0 Å². The Kier molecular flexibility index (Phi) is 6.53. The van der Waals surface area contributed by atoms with E-state index in [1.165, 1.54) is 0 Å². The van der Waals surface area contributed by atoms with E-state index in [9.17, 15) is 41.6 Å². The van der Waals surface area contributed by atoms with Crippen molar-refractivity contribution < 1.29 is 36.3 Å². The van der Waals surface area contributed by atoms with Gasteiger partial charge in [0, 0.05) is 41.4 Å². The summed E-state index contributed by atoms with van der Waals surface area (Å²) in [6.45, 7) is 0.429. The van der Waals surface area contributed by atoms with Gasteiger partial charge in [-0.15, -0.1) is 0 Å². The van der Waals surface area contributed by atoms with Crippen LogP contribution in [-0.2, 0) is 9.59 Å². The molecule has 0 spiro atoms. The fourth-order valence-electron chi connectivity index (χ4n) is 6.02. The number of nitriles is 1. The number of aromatic nitrogens is 1. The molecule has 1 aromatic heterocycles. The van der Waals surface area contributed by atoms with Crippen molar-refractivity contribution in [3.8, 4) is 6.07 Å². The van der Waals surface area contributed by atoms with Crippen molar-refractivity contribution in [2.24, 2.45) is 11.8 Å². The maximum absolute atomic E-state index is 14.9. The van der Waals surface area contributed by atoms with E-state index in [4.69, 9.17) is 0 Å². The molecule has 2 bridgehead atoms. The summed E-state index contributed by atoms with van der Waals surface area (Å²) in [5, 5.41) is 14.5. The molecule has 1 aliphatic carbocycles. The third-order valence-corrected chi connectivity index (χ3v) is 7.79. The standard InChI is InChI=1S/C25H24F5N5O3/c26-12-6-16(21(27)28)15-8-19(34-18(15)7-12)24(38)35-14-1-2-17(25(29,30)9-14)20(35)23(37)33-13(10-31)5-11-3-4-32-22(11)36/h6-8,11,13-14,17,20-21,34H,1-5,9H2,(H,32,36)(H,33,37). The Hall–Kier alpha value is -3.69. The number of aromatic amines is 1. The first-order chi connectivity index (χ1) is 18.0. The van der Waals surface area contributed by atoms with Crippen LogP contribution in [-0.4, -0.2) is 58.2 Å². The van der Waals surface area contributed by atoms with Crippen LogP contribution in [0, 0.1) is 29.0 Å². The normalized spacial score (nSPS) is 26.9. The van der Waals surface area contributed by atoms with Crippen molar-refractivity contribution in [3.63, 3.8) is 0 Å². The van der Waals surface area contributed by atoms with Gasteiger partial charge >= 0.3 is 0 Å². The van der Waals surface area contributed by atoms with Crippen LogP contribution in [0.25, 0.3) is 10.9 Å². The molecule has 1 aromatic carbocycles. The topological polar surface area (TPSA) is 118 Å². The number of rotatable bonds is 6.